The van der Waals surface area contributed by atoms with Crippen molar-refractivity contribution in [3.63, 3.8) is 0 Å². The van der Waals surface area contributed by atoms with E-state index in [2.05, 4.69) is 4.90 Å². The highest BCUT2D eigenvalue weighted by Gasteiger charge is 2.42. The smallest absolute Gasteiger partial charge is 0.243 e. The van der Waals surface area contributed by atoms with Crippen LogP contribution in [0.25, 0.3) is 0 Å². The molecule has 0 N–H and O–H groups in total. The summed E-state index contributed by atoms with van der Waals surface area (Å²) in [7, 11) is -0.441. The maximum absolute atomic E-state index is 13.6. The van der Waals surface area contributed by atoms with Crippen molar-refractivity contribution < 1.29 is 22.3 Å². The number of likely N-dealkylation sites (tertiary alicyclic amines) is 1. The van der Waals surface area contributed by atoms with Gasteiger partial charge in [0.1, 0.15) is 0 Å². The molecule has 2 heterocycles. The molecule has 0 aliphatic carbocycles. The van der Waals surface area contributed by atoms with Crippen molar-refractivity contribution >= 4 is 10.0 Å². The highest BCUT2D eigenvalue weighted by atomic mass is 32.2. The Labute approximate surface area is 135 Å². The van der Waals surface area contributed by atoms with Crippen molar-refractivity contribution in [3.8, 4) is 5.75 Å². The number of nitrogens with zero attached hydrogens (tertiary/aromatic N) is 2. The van der Waals surface area contributed by atoms with E-state index in [4.69, 9.17) is 9.47 Å². The molecule has 0 spiro atoms. The van der Waals surface area contributed by atoms with Gasteiger partial charge in [0.25, 0.3) is 0 Å². The summed E-state index contributed by atoms with van der Waals surface area (Å²) in [6.07, 6.45) is 0.719. The number of methoxy groups -OCH3 is 1. The van der Waals surface area contributed by atoms with Gasteiger partial charge in [-0.1, -0.05) is 0 Å². The number of hydrogen-bond donors (Lipinski definition) is 0. The first-order valence-corrected chi connectivity index (χ1v) is 9.03. The predicted octanol–water partition coefficient (Wildman–Crippen LogP) is 0.928. The number of likely N-dealkylation sites (N-methyl/N-ethyl adjacent to an activating group) is 1. The van der Waals surface area contributed by atoms with Gasteiger partial charge in [-0.05, 0) is 25.6 Å². The second kappa shape index (κ2) is 6.35. The van der Waals surface area contributed by atoms with Gasteiger partial charge in [-0.3, -0.25) is 0 Å². The average Bonchev–Trinajstić information content (AvgIpc) is 2.54. The summed E-state index contributed by atoms with van der Waals surface area (Å²) in [5, 5.41) is 0. The molecule has 1 aromatic rings. The van der Waals surface area contributed by atoms with Crippen LogP contribution < -0.4 is 4.74 Å². The number of morpholine rings is 1. The molecule has 6 nitrogen and oxygen atoms in total. The van der Waals surface area contributed by atoms with E-state index < -0.39 is 15.8 Å². The maximum atomic E-state index is 13.6. The Morgan fingerprint density at radius 2 is 2.13 bits per heavy atom. The van der Waals surface area contributed by atoms with E-state index in [1.54, 1.807) is 0 Å². The van der Waals surface area contributed by atoms with Crippen LogP contribution >= 0.6 is 0 Å². The fraction of sp³-hybridized carbons (Fsp3) is 0.600. The zero-order valence-corrected chi connectivity index (χ0v) is 14.1. The van der Waals surface area contributed by atoms with Gasteiger partial charge in [0.05, 0.1) is 30.8 Å². The molecule has 128 valence electrons. The second-order valence-electron chi connectivity index (χ2n) is 5.94. The van der Waals surface area contributed by atoms with E-state index in [1.807, 2.05) is 7.05 Å². The molecule has 0 aromatic heterocycles. The van der Waals surface area contributed by atoms with Crippen LogP contribution in [0.2, 0.25) is 0 Å². The van der Waals surface area contributed by atoms with E-state index in [9.17, 15) is 12.8 Å². The van der Waals surface area contributed by atoms with E-state index in [0.29, 0.717) is 19.7 Å². The molecular weight excluding hydrogens is 323 g/mol. The lowest BCUT2D eigenvalue weighted by Crippen LogP contribution is -2.60. The molecule has 2 atom stereocenters. The monoisotopic (exact) mass is 344 g/mol. The van der Waals surface area contributed by atoms with Crippen molar-refractivity contribution in [1.29, 1.82) is 0 Å². The topological polar surface area (TPSA) is 59.1 Å². The molecule has 23 heavy (non-hydrogen) atoms. The molecule has 2 saturated heterocycles. The minimum absolute atomic E-state index is 0.0460. The van der Waals surface area contributed by atoms with Crippen LogP contribution in [-0.2, 0) is 14.8 Å². The Hall–Kier alpha value is -1.22. The van der Waals surface area contributed by atoms with Crippen LogP contribution in [0.3, 0.4) is 0 Å². The van der Waals surface area contributed by atoms with Crippen molar-refractivity contribution in [2.75, 3.05) is 40.4 Å². The molecule has 0 radical (unpaired) electrons. The zero-order chi connectivity index (χ0) is 16.6. The van der Waals surface area contributed by atoms with E-state index in [-0.39, 0.29) is 22.8 Å². The highest BCUT2D eigenvalue weighted by molar-refractivity contribution is 7.89. The van der Waals surface area contributed by atoms with Crippen molar-refractivity contribution in [2.24, 2.45) is 0 Å². The predicted molar refractivity (Wildman–Crippen MR) is 82.5 cm³/mol. The average molecular weight is 344 g/mol. The summed E-state index contributed by atoms with van der Waals surface area (Å²) in [6.45, 7) is 2.20. The minimum atomic E-state index is -3.73. The molecule has 0 bridgehead atoms. The summed E-state index contributed by atoms with van der Waals surface area (Å²) < 4.78 is 51.7. The lowest BCUT2D eigenvalue weighted by molar-refractivity contribution is -0.0719. The molecule has 2 unspecified atom stereocenters. The molecule has 3 rings (SSSR count). The standard InChI is InChI=1S/C15H21FN2O4S/c1-17-6-5-14-13(10-17)18(7-8-22-14)23(19,20)11-3-4-12(16)15(9-11)21-2/h3-4,9,13-14H,5-8,10H2,1-2H3. The van der Waals surface area contributed by atoms with Gasteiger partial charge < -0.3 is 14.4 Å². The number of rotatable bonds is 3. The molecule has 0 amide bonds. The third-order valence-electron chi connectivity index (χ3n) is 4.47. The second-order valence-corrected chi connectivity index (χ2v) is 7.83. The summed E-state index contributed by atoms with van der Waals surface area (Å²) in [5.74, 6) is -0.652. The number of benzene rings is 1. The number of hydrogen-bond acceptors (Lipinski definition) is 5. The van der Waals surface area contributed by atoms with Gasteiger partial charge in [-0.25, -0.2) is 12.8 Å². The lowest BCUT2D eigenvalue weighted by atomic mass is 10.0. The fourth-order valence-corrected chi connectivity index (χ4v) is 4.87. The van der Waals surface area contributed by atoms with Crippen molar-refractivity contribution in [2.45, 2.75) is 23.5 Å². The first-order chi connectivity index (χ1) is 10.9. The van der Waals surface area contributed by atoms with Crippen molar-refractivity contribution in [1.82, 2.24) is 9.21 Å². The largest absolute Gasteiger partial charge is 0.494 e. The molecule has 2 aliphatic rings. The summed E-state index contributed by atoms with van der Waals surface area (Å²) in [5.41, 5.74) is 0. The fourth-order valence-electron chi connectivity index (χ4n) is 3.23. The number of fused-ring (bicyclic) bond motifs is 1. The van der Waals surface area contributed by atoms with Gasteiger partial charge in [0.15, 0.2) is 11.6 Å². The van der Waals surface area contributed by atoms with E-state index >= 15 is 0 Å². The van der Waals surface area contributed by atoms with E-state index in [0.717, 1.165) is 19.0 Å². The van der Waals surface area contributed by atoms with Crippen LogP contribution in [0.15, 0.2) is 23.1 Å². The molecule has 8 heteroatoms. The Morgan fingerprint density at radius 1 is 1.35 bits per heavy atom. The minimum Gasteiger partial charge on any atom is -0.494 e. The SMILES string of the molecule is COc1cc(S(=O)(=O)N2CCOC3CCN(C)CC32)ccc1F. The molecule has 0 saturated carbocycles. The quantitative estimate of drug-likeness (QED) is 0.816. The summed E-state index contributed by atoms with van der Waals surface area (Å²) in [6, 6.07) is 3.42. The van der Waals surface area contributed by atoms with Gasteiger partial charge in [-0.2, -0.15) is 4.31 Å². The van der Waals surface area contributed by atoms with Crippen molar-refractivity contribution in [3.05, 3.63) is 24.0 Å². The molecule has 1 aromatic carbocycles. The lowest BCUT2D eigenvalue weighted by Gasteiger charge is -2.45. The number of piperidine rings is 1. The molecule has 2 fully saturated rings. The Balaban J connectivity index is 1.94. The Kier molecular flexibility index (Phi) is 4.59. The first kappa shape index (κ1) is 16.6. The third-order valence-corrected chi connectivity index (χ3v) is 6.39. The zero-order valence-electron chi connectivity index (χ0n) is 13.2. The van der Waals surface area contributed by atoms with Crippen LogP contribution in [0.5, 0.6) is 5.75 Å². The van der Waals surface area contributed by atoms with Crippen LogP contribution in [0, 0.1) is 5.82 Å². The van der Waals surface area contributed by atoms with E-state index in [1.165, 1.54) is 23.5 Å². The number of sulfonamides is 1. The third kappa shape index (κ3) is 3.08. The molecular formula is C15H21FN2O4S. The van der Waals surface area contributed by atoms with Gasteiger partial charge in [0.2, 0.25) is 10.0 Å². The Morgan fingerprint density at radius 3 is 2.87 bits per heavy atom. The van der Waals surface area contributed by atoms with Crippen LogP contribution in [0.1, 0.15) is 6.42 Å². The maximum Gasteiger partial charge on any atom is 0.243 e. The molecule has 2 aliphatic heterocycles. The van der Waals surface area contributed by atoms with Crippen LogP contribution in [0.4, 0.5) is 4.39 Å². The van der Waals surface area contributed by atoms with Gasteiger partial charge in [-0.15, -0.1) is 0 Å². The van der Waals surface area contributed by atoms with Gasteiger partial charge >= 0.3 is 0 Å². The first-order valence-electron chi connectivity index (χ1n) is 7.59. The number of ether oxygens (including phenoxy) is 2. The van der Waals surface area contributed by atoms with Crippen LogP contribution in [-0.4, -0.2) is 70.2 Å². The Bertz CT molecular complexity index is 682. The normalized spacial score (nSPS) is 26.7. The summed E-state index contributed by atoms with van der Waals surface area (Å²) in [4.78, 5) is 2.15. The van der Waals surface area contributed by atoms with Gasteiger partial charge in [0, 0.05) is 25.7 Å². The highest BCUT2D eigenvalue weighted by Crippen LogP contribution is 2.30. The summed E-state index contributed by atoms with van der Waals surface area (Å²) >= 11 is 0. The number of halogens is 1.